The zero-order chi connectivity index (χ0) is 13.0. The van der Waals surface area contributed by atoms with Crippen LogP contribution >= 0.6 is 0 Å². The molecule has 0 aromatic heterocycles. The van der Waals surface area contributed by atoms with Crippen molar-refractivity contribution in [1.82, 2.24) is 10.6 Å². The smallest absolute Gasteiger partial charge is 0.0236 e. The van der Waals surface area contributed by atoms with Crippen LogP contribution in [0.3, 0.4) is 0 Å². The van der Waals surface area contributed by atoms with E-state index in [4.69, 9.17) is 0 Å². The molecule has 18 heavy (non-hydrogen) atoms. The summed E-state index contributed by atoms with van der Waals surface area (Å²) in [6.07, 6.45) is 1.15. The van der Waals surface area contributed by atoms with E-state index in [1.807, 2.05) is 0 Å². The number of nitrogens with one attached hydrogen (secondary N) is 2. The first-order valence-corrected chi connectivity index (χ1v) is 7.17. The van der Waals surface area contributed by atoms with Crippen LogP contribution in [0.15, 0.2) is 24.3 Å². The monoisotopic (exact) mass is 246 g/mol. The van der Waals surface area contributed by atoms with Crippen LogP contribution in [0.25, 0.3) is 0 Å². The molecule has 2 atom stereocenters. The van der Waals surface area contributed by atoms with Gasteiger partial charge >= 0.3 is 0 Å². The molecule has 0 radical (unpaired) electrons. The lowest BCUT2D eigenvalue weighted by atomic mass is 9.95. The molecule has 0 amide bonds. The normalized spacial score (nSPS) is 20.8. The van der Waals surface area contributed by atoms with Gasteiger partial charge in [-0.15, -0.1) is 0 Å². The van der Waals surface area contributed by atoms with E-state index in [9.17, 15) is 0 Å². The van der Waals surface area contributed by atoms with E-state index < -0.39 is 0 Å². The van der Waals surface area contributed by atoms with E-state index in [0.717, 1.165) is 37.9 Å². The molecule has 0 fully saturated rings. The maximum absolute atomic E-state index is 3.62. The maximum atomic E-state index is 3.62. The lowest BCUT2D eigenvalue weighted by Gasteiger charge is -2.27. The van der Waals surface area contributed by atoms with Crippen LogP contribution < -0.4 is 10.6 Å². The van der Waals surface area contributed by atoms with Gasteiger partial charge < -0.3 is 10.6 Å². The van der Waals surface area contributed by atoms with Crippen molar-refractivity contribution in [2.45, 2.75) is 39.8 Å². The predicted molar refractivity (Wildman–Crippen MR) is 77.6 cm³/mol. The highest BCUT2D eigenvalue weighted by Crippen LogP contribution is 2.16. The van der Waals surface area contributed by atoms with Crippen molar-refractivity contribution in [2.75, 3.05) is 13.1 Å². The second kappa shape index (κ2) is 6.35. The zero-order valence-electron chi connectivity index (χ0n) is 11.9. The molecule has 1 aromatic carbocycles. The molecule has 1 aliphatic rings. The van der Waals surface area contributed by atoms with Crippen LogP contribution in [-0.2, 0) is 13.0 Å². The summed E-state index contributed by atoms with van der Waals surface area (Å²) >= 11 is 0. The Morgan fingerprint density at radius 2 is 1.94 bits per heavy atom. The number of hydrogen-bond acceptors (Lipinski definition) is 2. The fourth-order valence-electron chi connectivity index (χ4n) is 2.39. The van der Waals surface area contributed by atoms with Gasteiger partial charge in [-0.25, -0.2) is 0 Å². The Balaban J connectivity index is 1.76. The third-order valence-corrected chi connectivity index (χ3v) is 4.16. The Morgan fingerprint density at radius 3 is 2.67 bits per heavy atom. The van der Waals surface area contributed by atoms with Gasteiger partial charge in [0.2, 0.25) is 0 Å². The summed E-state index contributed by atoms with van der Waals surface area (Å²) in [5, 5.41) is 7.22. The Bertz CT molecular complexity index is 373. The largest absolute Gasteiger partial charge is 0.315 e. The van der Waals surface area contributed by atoms with Crippen molar-refractivity contribution in [3.63, 3.8) is 0 Å². The SMILES string of the molecule is CC(C)C(C)CNCC1Cc2ccccc2CN1. The molecule has 2 unspecified atom stereocenters. The molecule has 0 bridgehead atoms. The summed E-state index contributed by atoms with van der Waals surface area (Å²) in [5.41, 5.74) is 2.98. The maximum Gasteiger partial charge on any atom is 0.0236 e. The van der Waals surface area contributed by atoms with Gasteiger partial charge in [-0.2, -0.15) is 0 Å². The highest BCUT2D eigenvalue weighted by Gasteiger charge is 2.17. The number of benzene rings is 1. The molecule has 2 rings (SSSR count). The minimum Gasteiger partial charge on any atom is -0.315 e. The summed E-state index contributed by atoms with van der Waals surface area (Å²) in [4.78, 5) is 0. The number of rotatable bonds is 5. The average molecular weight is 246 g/mol. The minimum atomic E-state index is 0.583. The summed E-state index contributed by atoms with van der Waals surface area (Å²) in [5.74, 6) is 1.51. The van der Waals surface area contributed by atoms with Crippen LogP contribution in [0, 0.1) is 11.8 Å². The summed E-state index contributed by atoms with van der Waals surface area (Å²) in [6.45, 7) is 10.1. The quantitative estimate of drug-likeness (QED) is 0.834. The van der Waals surface area contributed by atoms with E-state index >= 15 is 0 Å². The van der Waals surface area contributed by atoms with Crippen LogP contribution in [0.1, 0.15) is 31.9 Å². The summed E-state index contributed by atoms with van der Waals surface area (Å²) in [7, 11) is 0. The molecule has 0 spiro atoms. The molecule has 0 saturated carbocycles. The molecule has 1 aromatic rings. The first-order chi connectivity index (χ1) is 8.66. The lowest BCUT2D eigenvalue weighted by Crippen LogP contribution is -2.44. The van der Waals surface area contributed by atoms with Gasteiger partial charge in [0.1, 0.15) is 0 Å². The van der Waals surface area contributed by atoms with E-state index in [-0.39, 0.29) is 0 Å². The summed E-state index contributed by atoms with van der Waals surface area (Å²) < 4.78 is 0. The van der Waals surface area contributed by atoms with E-state index in [1.54, 1.807) is 0 Å². The standard InChI is InChI=1S/C16H26N2/c1-12(2)13(3)9-17-11-16-8-14-6-4-5-7-15(14)10-18-16/h4-7,12-13,16-18H,8-11H2,1-3H3. The van der Waals surface area contributed by atoms with Crippen molar-refractivity contribution in [2.24, 2.45) is 11.8 Å². The predicted octanol–water partition coefficient (Wildman–Crippen LogP) is 2.58. The summed E-state index contributed by atoms with van der Waals surface area (Å²) in [6, 6.07) is 9.35. The van der Waals surface area contributed by atoms with Crippen LogP contribution in [0.2, 0.25) is 0 Å². The molecule has 2 nitrogen and oxygen atoms in total. The average Bonchev–Trinajstić information content (AvgIpc) is 2.38. The van der Waals surface area contributed by atoms with Crippen molar-refractivity contribution in [3.05, 3.63) is 35.4 Å². The van der Waals surface area contributed by atoms with E-state index in [1.165, 1.54) is 11.1 Å². The Morgan fingerprint density at radius 1 is 1.22 bits per heavy atom. The zero-order valence-corrected chi connectivity index (χ0v) is 11.9. The van der Waals surface area contributed by atoms with Gasteiger partial charge in [0.05, 0.1) is 0 Å². The van der Waals surface area contributed by atoms with Gasteiger partial charge in [0.15, 0.2) is 0 Å². The highest BCUT2D eigenvalue weighted by atomic mass is 15.0. The van der Waals surface area contributed by atoms with Gasteiger partial charge in [0.25, 0.3) is 0 Å². The third kappa shape index (κ3) is 3.56. The molecule has 1 heterocycles. The molecule has 2 heteroatoms. The van der Waals surface area contributed by atoms with E-state index in [0.29, 0.717) is 6.04 Å². The van der Waals surface area contributed by atoms with Gasteiger partial charge in [-0.05, 0) is 35.9 Å². The molecule has 100 valence electrons. The Labute approximate surface area is 111 Å². The molecule has 1 aliphatic heterocycles. The molecular formula is C16H26N2. The number of hydrogen-bond donors (Lipinski definition) is 2. The van der Waals surface area contributed by atoms with Crippen molar-refractivity contribution in [3.8, 4) is 0 Å². The Kier molecular flexibility index (Phi) is 4.79. The van der Waals surface area contributed by atoms with Gasteiger partial charge in [-0.1, -0.05) is 45.0 Å². The molecule has 0 saturated heterocycles. The molecule has 0 aliphatic carbocycles. The minimum absolute atomic E-state index is 0.583. The topological polar surface area (TPSA) is 24.1 Å². The highest BCUT2D eigenvalue weighted by molar-refractivity contribution is 5.29. The first-order valence-electron chi connectivity index (χ1n) is 7.17. The first kappa shape index (κ1) is 13.6. The second-order valence-corrected chi connectivity index (χ2v) is 5.93. The lowest BCUT2D eigenvalue weighted by molar-refractivity contribution is 0.370. The van der Waals surface area contributed by atoms with Crippen molar-refractivity contribution >= 4 is 0 Å². The number of fused-ring (bicyclic) bond motifs is 1. The molecular weight excluding hydrogens is 220 g/mol. The van der Waals surface area contributed by atoms with Crippen LogP contribution in [0.5, 0.6) is 0 Å². The van der Waals surface area contributed by atoms with E-state index in [2.05, 4.69) is 55.7 Å². The van der Waals surface area contributed by atoms with Crippen molar-refractivity contribution in [1.29, 1.82) is 0 Å². The van der Waals surface area contributed by atoms with Crippen LogP contribution in [-0.4, -0.2) is 19.1 Å². The van der Waals surface area contributed by atoms with Gasteiger partial charge in [0, 0.05) is 19.1 Å². The second-order valence-electron chi connectivity index (χ2n) is 5.93. The third-order valence-electron chi connectivity index (χ3n) is 4.16. The van der Waals surface area contributed by atoms with Gasteiger partial charge in [-0.3, -0.25) is 0 Å². The van der Waals surface area contributed by atoms with Crippen LogP contribution in [0.4, 0.5) is 0 Å². The Hall–Kier alpha value is -0.860. The fourth-order valence-corrected chi connectivity index (χ4v) is 2.39. The van der Waals surface area contributed by atoms with Crippen molar-refractivity contribution < 1.29 is 0 Å². The fraction of sp³-hybridized carbons (Fsp3) is 0.625. The molecule has 2 N–H and O–H groups in total.